The summed E-state index contributed by atoms with van der Waals surface area (Å²) in [6.07, 6.45) is 0. The Hall–Kier alpha value is -2.12. The van der Waals surface area contributed by atoms with Gasteiger partial charge in [0, 0.05) is 44.8 Å². The van der Waals surface area contributed by atoms with E-state index >= 15 is 0 Å². The maximum Gasteiger partial charge on any atom is 0.251 e. The first-order valence-corrected chi connectivity index (χ1v) is 9.29. The van der Waals surface area contributed by atoms with Gasteiger partial charge in [-0.2, -0.15) is 0 Å². The molecule has 1 unspecified atom stereocenters. The van der Waals surface area contributed by atoms with Crippen LogP contribution in [0.15, 0.2) is 29.3 Å². The molecule has 26 heavy (non-hydrogen) atoms. The monoisotopic (exact) mass is 361 g/mol. The second kappa shape index (κ2) is 10.8. The van der Waals surface area contributed by atoms with Crippen molar-refractivity contribution < 1.29 is 9.53 Å². The Kier molecular flexibility index (Phi) is 8.37. The Balaban J connectivity index is 1.88. The summed E-state index contributed by atoms with van der Waals surface area (Å²) in [4.78, 5) is 18.7. The van der Waals surface area contributed by atoms with Crippen molar-refractivity contribution in [2.75, 3.05) is 46.4 Å². The van der Waals surface area contributed by atoms with E-state index in [1.807, 2.05) is 24.3 Å². The largest absolute Gasteiger partial charge is 0.379 e. The van der Waals surface area contributed by atoms with Crippen LogP contribution in [0.3, 0.4) is 0 Å². The van der Waals surface area contributed by atoms with Crippen LogP contribution in [0.2, 0.25) is 0 Å². The minimum atomic E-state index is -0.0767. The third kappa shape index (κ3) is 6.31. The van der Waals surface area contributed by atoms with Crippen molar-refractivity contribution in [1.82, 2.24) is 20.9 Å². The van der Waals surface area contributed by atoms with Crippen LogP contribution in [-0.4, -0.2) is 69.2 Å². The van der Waals surface area contributed by atoms with Crippen LogP contribution in [0, 0.1) is 0 Å². The third-order valence-corrected chi connectivity index (χ3v) is 4.44. The van der Waals surface area contributed by atoms with Gasteiger partial charge in [0.15, 0.2) is 5.96 Å². The predicted molar refractivity (Wildman–Crippen MR) is 105 cm³/mol. The van der Waals surface area contributed by atoms with Gasteiger partial charge in [-0.3, -0.25) is 9.69 Å². The summed E-state index contributed by atoms with van der Waals surface area (Å²) in [5.41, 5.74) is 1.72. The second-order valence-electron chi connectivity index (χ2n) is 6.35. The highest BCUT2D eigenvalue weighted by molar-refractivity contribution is 5.93. The molecule has 2 rings (SSSR count). The summed E-state index contributed by atoms with van der Waals surface area (Å²) in [5.74, 6) is 0.732. The van der Waals surface area contributed by atoms with Crippen LogP contribution in [-0.2, 0) is 11.3 Å². The van der Waals surface area contributed by atoms with Crippen molar-refractivity contribution in [2.24, 2.45) is 4.99 Å². The quantitative estimate of drug-likeness (QED) is 0.495. The highest BCUT2D eigenvalue weighted by atomic mass is 16.5. The summed E-state index contributed by atoms with van der Waals surface area (Å²) in [5, 5.41) is 9.32. The lowest BCUT2D eigenvalue weighted by Crippen LogP contribution is -2.49. The molecule has 1 aromatic rings. The van der Waals surface area contributed by atoms with Gasteiger partial charge in [0.25, 0.3) is 5.91 Å². The van der Waals surface area contributed by atoms with E-state index < -0.39 is 0 Å². The molecule has 1 aromatic carbocycles. The van der Waals surface area contributed by atoms with E-state index in [0.29, 0.717) is 18.2 Å². The molecular formula is C19H31N5O2. The molecule has 144 valence electrons. The molecule has 1 heterocycles. The second-order valence-corrected chi connectivity index (χ2v) is 6.35. The molecular weight excluding hydrogens is 330 g/mol. The number of amides is 1. The number of ether oxygens (including phenoxy) is 1. The molecule has 3 N–H and O–H groups in total. The maximum atomic E-state index is 11.6. The minimum Gasteiger partial charge on any atom is -0.379 e. The van der Waals surface area contributed by atoms with E-state index in [0.717, 1.165) is 50.9 Å². The summed E-state index contributed by atoms with van der Waals surface area (Å²) < 4.78 is 5.41. The summed E-state index contributed by atoms with van der Waals surface area (Å²) in [6.45, 7) is 10.1. The van der Waals surface area contributed by atoms with E-state index in [-0.39, 0.29) is 5.91 Å². The normalized spacial score (nSPS) is 16.8. The van der Waals surface area contributed by atoms with Crippen molar-refractivity contribution >= 4 is 11.9 Å². The highest BCUT2D eigenvalue weighted by Crippen LogP contribution is 2.06. The fourth-order valence-corrected chi connectivity index (χ4v) is 2.81. The lowest BCUT2D eigenvalue weighted by molar-refractivity contribution is 0.0211. The maximum absolute atomic E-state index is 11.6. The smallest absolute Gasteiger partial charge is 0.251 e. The number of hydrogen-bond donors (Lipinski definition) is 3. The molecule has 0 aliphatic carbocycles. The van der Waals surface area contributed by atoms with E-state index in [1.54, 1.807) is 7.05 Å². The number of benzene rings is 1. The Morgan fingerprint density at radius 1 is 1.23 bits per heavy atom. The molecule has 1 amide bonds. The minimum absolute atomic E-state index is 0.0767. The van der Waals surface area contributed by atoms with Crippen molar-refractivity contribution in [3.63, 3.8) is 0 Å². The van der Waals surface area contributed by atoms with Crippen molar-refractivity contribution in [3.05, 3.63) is 35.4 Å². The van der Waals surface area contributed by atoms with Gasteiger partial charge in [-0.25, -0.2) is 4.99 Å². The van der Waals surface area contributed by atoms with Gasteiger partial charge in [0.1, 0.15) is 0 Å². The molecule has 7 nitrogen and oxygen atoms in total. The van der Waals surface area contributed by atoms with Gasteiger partial charge >= 0.3 is 0 Å². The van der Waals surface area contributed by atoms with Crippen molar-refractivity contribution in [1.29, 1.82) is 0 Å². The highest BCUT2D eigenvalue weighted by Gasteiger charge is 2.16. The molecule has 1 atom stereocenters. The number of hydrogen-bond acceptors (Lipinski definition) is 4. The van der Waals surface area contributed by atoms with Crippen molar-refractivity contribution in [3.8, 4) is 0 Å². The van der Waals surface area contributed by atoms with Crippen LogP contribution >= 0.6 is 0 Å². The predicted octanol–water partition coefficient (Wildman–Crippen LogP) is 0.822. The van der Waals surface area contributed by atoms with E-state index in [4.69, 9.17) is 4.74 Å². The summed E-state index contributed by atoms with van der Waals surface area (Å²) in [7, 11) is 1.63. The Morgan fingerprint density at radius 3 is 2.54 bits per heavy atom. The summed E-state index contributed by atoms with van der Waals surface area (Å²) in [6, 6.07) is 7.95. The number of carbonyl (C=O) groups is 1. The molecule has 0 aromatic heterocycles. The molecule has 1 aliphatic heterocycles. The molecule has 0 radical (unpaired) electrons. The van der Waals surface area contributed by atoms with Crippen molar-refractivity contribution in [2.45, 2.75) is 26.4 Å². The third-order valence-electron chi connectivity index (χ3n) is 4.44. The molecule has 0 spiro atoms. The van der Waals surface area contributed by atoms with Crippen LogP contribution in [0.4, 0.5) is 0 Å². The zero-order valence-corrected chi connectivity index (χ0v) is 16.0. The van der Waals surface area contributed by atoms with E-state index in [9.17, 15) is 4.79 Å². The fourth-order valence-electron chi connectivity index (χ4n) is 2.81. The number of carbonyl (C=O) groups excluding carboxylic acids is 1. The Labute approximate surface area is 156 Å². The van der Waals surface area contributed by atoms with Crippen LogP contribution < -0.4 is 16.0 Å². The lowest BCUT2D eigenvalue weighted by atomic mass is 10.1. The average Bonchev–Trinajstić information content (AvgIpc) is 2.70. The Bertz CT molecular complexity index is 582. The van der Waals surface area contributed by atoms with Gasteiger partial charge in [0.2, 0.25) is 0 Å². The number of aliphatic imine (C=N–C) groups is 1. The standard InChI is InChI=1S/C19H31N5O2/c1-4-21-19(22-13-15(2)24-9-11-26-12-10-24)23-14-16-5-7-17(8-6-16)18(25)20-3/h5-8,15H,4,9-14H2,1-3H3,(H,20,25)(H2,21,22,23). The van der Waals surface area contributed by atoms with Gasteiger partial charge < -0.3 is 20.7 Å². The first-order valence-electron chi connectivity index (χ1n) is 9.29. The van der Waals surface area contributed by atoms with Gasteiger partial charge in [-0.15, -0.1) is 0 Å². The van der Waals surface area contributed by atoms with E-state index in [1.165, 1.54) is 0 Å². The van der Waals surface area contributed by atoms with Gasteiger partial charge in [-0.1, -0.05) is 12.1 Å². The average molecular weight is 361 g/mol. The molecule has 1 fully saturated rings. The zero-order valence-electron chi connectivity index (χ0n) is 16.0. The topological polar surface area (TPSA) is 78.0 Å². The molecule has 1 saturated heterocycles. The number of rotatable bonds is 7. The number of nitrogens with zero attached hydrogens (tertiary/aromatic N) is 2. The number of guanidine groups is 1. The number of nitrogens with one attached hydrogen (secondary N) is 3. The van der Waals surface area contributed by atoms with Gasteiger partial charge in [-0.05, 0) is 31.5 Å². The Morgan fingerprint density at radius 2 is 1.92 bits per heavy atom. The number of morpholine rings is 1. The van der Waals surface area contributed by atoms with Gasteiger partial charge in [0.05, 0.1) is 19.8 Å². The first-order chi connectivity index (χ1) is 12.6. The SMILES string of the molecule is CCNC(=NCc1ccc(C(=O)NC)cc1)NCC(C)N1CCOCC1. The van der Waals surface area contributed by atoms with Crippen LogP contribution in [0.5, 0.6) is 0 Å². The summed E-state index contributed by atoms with van der Waals surface area (Å²) >= 11 is 0. The molecule has 7 heteroatoms. The fraction of sp³-hybridized carbons (Fsp3) is 0.579. The molecule has 0 bridgehead atoms. The van der Waals surface area contributed by atoms with Crippen LogP contribution in [0.25, 0.3) is 0 Å². The molecule has 1 aliphatic rings. The first kappa shape index (κ1) is 20.2. The zero-order chi connectivity index (χ0) is 18.8. The lowest BCUT2D eigenvalue weighted by Gasteiger charge is -2.32. The van der Waals surface area contributed by atoms with Crippen LogP contribution in [0.1, 0.15) is 29.8 Å². The molecule has 0 saturated carbocycles. The van der Waals surface area contributed by atoms with E-state index in [2.05, 4.69) is 39.7 Å².